The zero-order valence-electron chi connectivity index (χ0n) is 18.1. The predicted molar refractivity (Wildman–Crippen MR) is 134 cm³/mol. The minimum Gasteiger partial charge on any atom is -0.484 e. The average molecular weight is 480 g/mol. The second-order valence-electron chi connectivity index (χ2n) is 7.65. The Balaban J connectivity index is 1.27. The van der Waals surface area contributed by atoms with Crippen LogP contribution in [-0.4, -0.2) is 22.6 Å². The Bertz CT molecular complexity index is 1320. The number of nitrogens with one attached hydrogen (secondary N) is 2. The van der Waals surface area contributed by atoms with Gasteiger partial charge in [-0.15, -0.1) is 0 Å². The van der Waals surface area contributed by atoms with E-state index in [1.165, 1.54) is 0 Å². The zero-order chi connectivity index (χ0) is 23.4. The second kappa shape index (κ2) is 10.0. The van der Waals surface area contributed by atoms with Gasteiger partial charge in [-0.25, -0.2) is 4.98 Å². The van der Waals surface area contributed by atoms with Gasteiger partial charge in [0.1, 0.15) is 11.3 Å². The van der Waals surface area contributed by atoms with Crippen molar-refractivity contribution in [2.75, 3.05) is 11.9 Å². The minimum atomic E-state index is -0.358. The van der Waals surface area contributed by atoms with Crippen molar-refractivity contribution in [1.82, 2.24) is 10.3 Å². The number of fused-ring (bicyclic) bond motifs is 1. The Kier molecular flexibility index (Phi) is 6.91. The molecular formula is C25H22ClN3O3S. The maximum atomic E-state index is 12.1. The predicted octanol–water partition coefficient (Wildman–Crippen LogP) is 5.58. The van der Waals surface area contributed by atoms with Gasteiger partial charge in [0.2, 0.25) is 0 Å². The number of oxazole rings is 1. The van der Waals surface area contributed by atoms with Crippen LogP contribution in [0.5, 0.6) is 5.75 Å². The van der Waals surface area contributed by atoms with Gasteiger partial charge in [-0.05, 0) is 85.2 Å². The number of carbonyl (C=O) groups is 1. The van der Waals surface area contributed by atoms with Crippen molar-refractivity contribution in [2.45, 2.75) is 20.3 Å². The molecule has 0 aliphatic rings. The second-order valence-corrected chi connectivity index (χ2v) is 8.47. The summed E-state index contributed by atoms with van der Waals surface area (Å²) < 4.78 is 11.3. The number of rotatable bonds is 6. The van der Waals surface area contributed by atoms with Crippen molar-refractivity contribution in [3.63, 3.8) is 0 Å². The van der Waals surface area contributed by atoms with Crippen LogP contribution in [0, 0.1) is 13.8 Å². The van der Waals surface area contributed by atoms with Gasteiger partial charge < -0.3 is 14.5 Å². The summed E-state index contributed by atoms with van der Waals surface area (Å²) in [5, 5.41) is 6.44. The number of anilines is 1. The summed E-state index contributed by atoms with van der Waals surface area (Å²) in [5.41, 5.74) is 5.47. The van der Waals surface area contributed by atoms with E-state index < -0.39 is 0 Å². The van der Waals surface area contributed by atoms with E-state index in [4.69, 9.17) is 33.0 Å². The first-order valence-electron chi connectivity index (χ1n) is 10.3. The number of carbonyl (C=O) groups excluding carboxylic acids is 1. The number of nitrogens with zero attached hydrogens (tertiary/aromatic N) is 1. The van der Waals surface area contributed by atoms with E-state index in [1.807, 2.05) is 56.3 Å². The maximum absolute atomic E-state index is 12.1. The molecule has 1 aromatic heterocycles. The van der Waals surface area contributed by atoms with E-state index in [0.29, 0.717) is 23.1 Å². The van der Waals surface area contributed by atoms with Gasteiger partial charge in [-0.3, -0.25) is 10.1 Å². The molecule has 0 aliphatic carbocycles. The Morgan fingerprint density at radius 3 is 2.64 bits per heavy atom. The van der Waals surface area contributed by atoms with Gasteiger partial charge in [0.15, 0.2) is 23.2 Å². The molecule has 8 heteroatoms. The summed E-state index contributed by atoms with van der Waals surface area (Å²) in [6, 6.07) is 18.8. The molecule has 6 nitrogen and oxygen atoms in total. The van der Waals surface area contributed by atoms with Crippen LogP contribution in [0.25, 0.3) is 11.1 Å². The molecule has 0 saturated heterocycles. The first-order chi connectivity index (χ1) is 15.9. The smallest absolute Gasteiger partial charge is 0.264 e. The fourth-order valence-electron chi connectivity index (χ4n) is 3.22. The van der Waals surface area contributed by atoms with Gasteiger partial charge in [0, 0.05) is 17.1 Å². The molecular weight excluding hydrogens is 458 g/mol. The Hall–Kier alpha value is -3.42. The molecule has 0 bridgehead atoms. The van der Waals surface area contributed by atoms with Crippen molar-refractivity contribution < 1.29 is 13.9 Å². The average Bonchev–Trinajstić information content (AvgIpc) is 3.17. The molecule has 33 heavy (non-hydrogen) atoms. The topological polar surface area (TPSA) is 76.4 Å². The van der Waals surface area contributed by atoms with Gasteiger partial charge in [-0.2, -0.15) is 0 Å². The molecule has 0 fully saturated rings. The largest absolute Gasteiger partial charge is 0.484 e. The minimum absolute atomic E-state index is 0.161. The Morgan fingerprint density at radius 1 is 1.09 bits per heavy atom. The van der Waals surface area contributed by atoms with Crippen LogP contribution in [-0.2, 0) is 11.2 Å². The number of thiocarbonyl (C=S) groups is 1. The van der Waals surface area contributed by atoms with Crippen molar-refractivity contribution in [1.29, 1.82) is 0 Å². The Morgan fingerprint density at radius 2 is 1.88 bits per heavy atom. The number of hydrogen-bond donors (Lipinski definition) is 2. The number of ether oxygens (including phenoxy) is 1. The molecule has 0 saturated carbocycles. The molecule has 1 amide bonds. The van der Waals surface area contributed by atoms with Gasteiger partial charge in [-0.1, -0.05) is 29.8 Å². The van der Waals surface area contributed by atoms with Crippen molar-refractivity contribution >= 4 is 51.6 Å². The number of amides is 1. The molecule has 4 rings (SSSR count). The first kappa shape index (κ1) is 22.8. The SMILES string of the molecule is Cc1ccc2oc(Cc3ccc(NC(=S)NC(=O)COc4ccc(Cl)c(C)c4)cc3)nc2c1. The van der Waals surface area contributed by atoms with E-state index >= 15 is 0 Å². The number of benzene rings is 3. The molecule has 1 heterocycles. The molecule has 3 aromatic carbocycles. The molecule has 0 spiro atoms. The number of hydrogen-bond acceptors (Lipinski definition) is 5. The highest BCUT2D eigenvalue weighted by molar-refractivity contribution is 7.80. The lowest BCUT2D eigenvalue weighted by Gasteiger charge is -2.11. The summed E-state index contributed by atoms with van der Waals surface area (Å²) >= 11 is 11.2. The monoisotopic (exact) mass is 479 g/mol. The van der Waals surface area contributed by atoms with Crippen molar-refractivity contribution in [3.05, 3.63) is 88.3 Å². The van der Waals surface area contributed by atoms with Crippen LogP contribution < -0.4 is 15.4 Å². The molecule has 0 aliphatic heterocycles. The standard InChI is InChI=1S/C25H22ClN3O3S/c1-15-3-10-22-21(11-15)28-24(32-22)13-17-4-6-18(7-5-17)27-25(33)29-23(30)14-31-19-8-9-20(26)16(2)12-19/h3-12H,13-14H2,1-2H3,(H2,27,29,30,33). The molecule has 0 unspecified atom stereocenters. The molecule has 168 valence electrons. The summed E-state index contributed by atoms with van der Waals surface area (Å²) in [4.78, 5) is 16.7. The number of aryl methyl sites for hydroxylation is 2. The highest BCUT2D eigenvalue weighted by Gasteiger charge is 2.09. The third kappa shape index (κ3) is 6.09. The fourth-order valence-corrected chi connectivity index (χ4v) is 3.57. The maximum Gasteiger partial charge on any atom is 0.264 e. The summed E-state index contributed by atoms with van der Waals surface area (Å²) in [7, 11) is 0. The third-order valence-corrected chi connectivity index (χ3v) is 5.54. The van der Waals surface area contributed by atoms with E-state index in [0.717, 1.165) is 33.5 Å². The van der Waals surface area contributed by atoms with Crippen molar-refractivity contribution in [3.8, 4) is 5.75 Å². The number of aromatic nitrogens is 1. The van der Waals surface area contributed by atoms with E-state index in [9.17, 15) is 4.79 Å². The summed E-state index contributed by atoms with van der Waals surface area (Å²) in [6.07, 6.45) is 0.580. The van der Waals surface area contributed by atoms with Gasteiger partial charge in [0.25, 0.3) is 5.91 Å². The third-order valence-electron chi connectivity index (χ3n) is 4.91. The molecule has 0 radical (unpaired) electrons. The quantitative estimate of drug-likeness (QED) is 0.351. The first-order valence-corrected chi connectivity index (χ1v) is 11.1. The normalized spacial score (nSPS) is 10.8. The lowest BCUT2D eigenvalue weighted by atomic mass is 10.1. The zero-order valence-corrected chi connectivity index (χ0v) is 19.7. The van der Waals surface area contributed by atoms with E-state index in [2.05, 4.69) is 15.6 Å². The highest BCUT2D eigenvalue weighted by Crippen LogP contribution is 2.21. The van der Waals surface area contributed by atoms with Crippen LogP contribution >= 0.6 is 23.8 Å². The Labute approximate surface area is 201 Å². The number of halogens is 1. The summed E-state index contributed by atoms with van der Waals surface area (Å²) in [6.45, 7) is 3.74. The molecule has 2 N–H and O–H groups in total. The van der Waals surface area contributed by atoms with Crippen LogP contribution in [0.1, 0.15) is 22.6 Å². The van der Waals surface area contributed by atoms with Crippen LogP contribution in [0.2, 0.25) is 5.02 Å². The van der Waals surface area contributed by atoms with Crippen molar-refractivity contribution in [2.24, 2.45) is 0 Å². The van der Waals surface area contributed by atoms with Crippen LogP contribution in [0.4, 0.5) is 5.69 Å². The molecule has 4 aromatic rings. The molecule has 0 atom stereocenters. The van der Waals surface area contributed by atoms with Gasteiger partial charge in [0.05, 0.1) is 0 Å². The van der Waals surface area contributed by atoms with Gasteiger partial charge >= 0.3 is 0 Å². The van der Waals surface area contributed by atoms with E-state index in [1.54, 1.807) is 18.2 Å². The van der Waals surface area contributed by atoms with Crippen LogP contribution in [0.3, 0.4) is 0 Å². The van der Waals surface area contributed by atoms with E-state index in [-0.39, 0.29) is 17.6 Å². The lowest BCUT2D eigenvalue weighted by molar-refractivity contribution is -0.121. The van der Waals surface area contributed by atoms with Crippen LogP contribution in [0.15, 0.2) is 65.1 Å². The highest BCUT2D eigenvalue weighted by atomic mass is 35.5. The fraction of sp³-hybridized carbons (Fsp3) is 0.160. The summed E-state index contributed by atoms with van der Waals surface area (Å²) in [5.74, 6) is 0.869. The lowest BCUT2D eigenvalue weighted by Crippen LogP contribution is -2.37.